The highest BCUT2D eigenvalue weighted by Crippen LogP contribution is 2.13. The van der Waals surface area contributed by atoms with Gasteiger partial charge in [-0.2, -0.15) is 5.10 Å². The smallest absolute Gasteiger partial charge is 0.256 e. The fraction of sp³-hybridized carbons (Fsp3) is 0.375. The van der Waals surface area contributed by atoms with E-state index in [-0.39, 0.29) is 11.1 Å². The molecule has 0 saturated carbocycles. The van der Waals surface area contributed by atoms with Crippen molar-refractivity contribution >= 4 is 17.5 Å². The van der Waals surface area contributed by atoms with Crippen molar-refractivity contribution in [3.63, 3.8) is 0 Å². The lowest BCUT2D eigenvalue weighted by Gasteiger charge is -2.10. The first-order chi connectivity index (χ1) is 6.02. The van der Waals surface area contributed by atoms with Crippen molar-refractivity contribution in [2.24, 2.45) is 0 Å². The zero-order valence-electron chi connectivity index (χ0n) is 7.71. The SMILES string of the molecule is Cc1cc(C(=O)N(C)C)c(Cl)nn1. The van der Waals surface area contributed by atoms with E-state index in [0.29, 0.717) is 11.3 Å². The number of halogens is 1. The topological polar surface area (TPSA) is 46.1 Å². The van der Waals surface area contributed by atoms with Gasteiger partial charge < -0.3 is 4.90 Å². The molecular formula is C8H10ClN3O. The zero-order chi connectivity index (χ0) is 10.0. The first-order valence-corrected chi connectivity index (χ1v) is 4.11. The van der Waals surface area contributed by atoms with Crippen LogP contribution >= 0.6 is 11.6 Å². The van der Waals surface area contributed by atoms with E-state index in [1.54, 1.807) is 27.1 Å². The highest BCUT2D eigenvalue weighted by molar-refractivity contribution is 6.32. The minimum Gasteiger partial charge on any atom is -0.345 e. The second kappa shape index (κ2) is 3.70. The number of carbonyl (C=O) groups is 1. The molecule has 0 unspecified atom stereocenters. The fourth-order valence-electron chi connectivity index (χ4n) is 0.865. The minimum atomic E-state index is -0.164. The van der Waals surface area contributed by atoms with Gasteiger partial charge in [0.25, 0.3) is 5.91 Å². The van der Waals surface area contributed by atoms with Gasteiger partial charge in [-0.15, -0.1) is 5.10 Å². The Balaban J connectivity index is 3.13. The Morgan fingerprint density at radius 3 is 2.62 bits per heavy atom. The number of rotatable bonds is 1. The van der Waals surface area contributed by atoms with Crippen LogP contribution in [0.5, 0.6) is 0 Å². The quantitative estimate of drug-likeness (QED) is 0.682. The Labute approximate surface area is 81.5 Å². The summed E-state index contributed by atoms with van der Waals surface area (Å²) < 4.78 is 0. The summed E-state index contributed by atoms with van der Waals surface area (Å²) in [6.07, 6.45) is 0. The monoisotopic (exact) mass is 199 g/mol. The molecular weight excluding hydrogens is 190 g/mol. The normalized spacial score (nSPS) is 9.85. The number of carbonyl (C=O) groups excluding carboxylic acids is 1. The molecule has 1 aromatic heterocycles. The predicted molar refractivity (Wildman–Crippen MR) is 49.8 cm³/mol. The van der Waals surface area contributed by atoms with Crippen molar-refractivity contribution < 1.29 is 4.79 Å². The number of aryl methyl sites for hydroxylation is 1. The van der Waals surface area contributed by atoms with Crippen LogP contribution in [0.2, 0.25) is 5.15 Å². The van der Waals surface area contributed by atoms with Crippen molar-refractivity contribution in [1.29, 1.82) is 0 Å². The molecule has 0 fully saturated rings. The lowest BCUT2D eigenvalue weighted by Crippen LogP contribution is -2.22. The van der Waals surface area contributed by atoms with Crippen molar-refractivity contribution in [2.75, 3.05) is 14.1 Å². The molecule has 0 N–H and O–H groups in total. The summed E-state index contributed by atoms with van der Waals surface area (Å²) in [4.78, 5) is 12.9. The van der Waals surface area contributed by atoms with Crippen molar-refractivity contribution in [2.45, 2.75) is 6.92 Å². The van der Waals surface area contributed by atoms with Crippen LogP contribution in [0, 0.1) is 6.92 Å². The number of hydrogen-bond donors (Lipinski definition) is 0. The van der Waals surface area contributed by atoms with Crippen LogP contribution in [0.15, 0.2) is 6.07 Å². The van der Waals surface area contributed by atoms with Gasteiger partial charge in [-0.25, -0.2) is 0 Å². The largest absolute Gasteiger partial charge is 0.345 e. The highest BCUT2D eigenvalue weighted by atomic mass is 35.5. The van der Waals surface area contributed by atoms with Gasteiger partial charge in [0.1, 0.15) is 0 Å². The van der Waals surface area contributed by atoms with Crippen LogP contribution in [-0.4, -0.2) is 35.1 Å². The van der Waals surface area contributed by atoms with Gasteiger partial charge in [0.2, 0.25) is 0 Å². The van der Waals surface area contributed by atoms with Crippen molar-refractivity contribution in [3.8, 4) is 0 Å². The molecule has 13 heavy (non-hydrogen) atoms. The van der Waals surface area contributed by atoms with E-state index < -0.39 is 0 Å². The van der Waals surface area contributed by atoms with E-state index in [9.17, 15) is 4.79 Å². The van der Waals surface area contributed by atoms with Crippen LogP contribution in [0.25, 0.3) is 0 Å². The molecule has 5 heteroatoms. The molecule has 0 radical (unpaired) electrons. The number of hydrogen-bond acceptors (Lipinski definition) is 3. The molecule has 0 aliphatic carbocycles. The van der Waals surface area contributed by atoms with Gasteiger partial charge in [-0.05, 0) is 13.0 Å². The molecule has 0 aromatic carbocycles. The second-order valence-corrected chi connectivity index (χ2v) is 3.25. The van der Waals surface area contributed by atoms with Gasteiger partial charge in [0, 0.05) is 14.1 Å². The Bertz CT molecular complexity index is 338. The minimum absolute atomic E-state index is 0.143. The average molecular weight is 200 g/mol. The molecule has 1 heterocycles. The van der Waals surface area contributed by atoms with E-state index in [0.717, 1.165) is 0 Å². The maximum absolute atomic E-state index is 11.5. The lowest BCUT2D eigenvalue weighted by molar-refractivity contribution is 0.0827. The first-order valence-electron chi connectivity index (χ1n) is 3.74. The summed E-state index contributed by atoms with van der Waals surface area (Å²) in [5.41, 5.74) is 1.06. The third-order valence-electron chi connectivity index (χ3n) is 1.51. The summed E-state index contributed by atoms with van der Waals surface area (Å²) in [7, 11) is 3.32. The molecule has 4 nitrogen and oxygen atoms in total. The molecule has 0 aliphatic rings. The molecule has 1 amide bonds. The van der Waals surface area contributed by atoms with E-state index in [1.807, 2.05) is 0 Å². The Kier molecular flexibility index (Phi) is 2.83. The second-order valence-electron chi connectivity index (χ2n) is 2.89. The van der Waals surface area contributed by atoms with Gasteiger partial charge in [-0.1, -0.05) is 11.6 Å². The summed E-state index contributed by atoms with van der Waals surface area (Å²) in [5, 5.41) is 7.52. The van der Waals surface area contributed by atoms with Crippen LogP contribution in [-0.2, 0) is 0 Å². The van der Waals surface area contributed by atoms with Crippen LogP contribution < -0.4 is 0 Å². The maximum Gasteiger partial charge on any atom is 0.256 e. The van der Waals surface area contributed by atoms with Gasteiger partial charge in [0.15, 0.2) is 5.15 Å². The molecule has 0 atom stereocenters. The van der Waals surface area contributed by atoms with Crippen molar-refractivity contribution in [1.82, 2.24) is 15.1 Å². The van der Waals surface area contributed by atoms with Gasteiger partial charge in [0.05, 0.1) is 11.3 Å². The number of aromatic nitrogens is 2. The standard InChI is InChI=1S/C8H10ClN3O/c1-5-4-6(7(9)11-10-5)8(13)12(2)3/h4H,1-3H3. The predicted octanol–water partition coefficient (Wildman–Crippen LogP) is 1.14. The number of nitrogens with zero attached hydrogens (tertiary/aromatic N) is 3. The highest BCUT2D eigenvalue weighted by Gasteiger charge is 2.13. The average Bonchev–Trinajstić information content (AvgIpc) is 2.08. The van der Waals surface area contributed by atoms with Crippen molar-refractivity contribution in [3.05, 3.63) is 22.5 Å². The molecule has 0 aliphatic heterocycles. The van der Waals surface area contributed by atoms with Gasteiger partial charge >= 0.3 is 0 Å². The summed E-state index contributed by atoms with van der Waals surface area (Å²) in [5.74, 6) is -0.164. The van der Waals surface area contributed by atoms with Crippen LogP contribution in [0.3, 0.4) is 0 Å². The number of amides is 1. The van der Waals surface area contributed by atoms with E-state index >= 15 is 0 Å². The van der Waals surface area contributed by atoms with E-state index in [1.165, 1.54) is 4.90 Å². The molecule has 0 bridgehead atoms. The Morgan fingerprint density at radius 2 is 2.08 bits per heavy atom. The molecule has 70 valence electrons. The molecule has 0 saturated heterocycles. The summed E-state index contributed by atoms with van der Waals surface area (Å²) in [6, 6.07) is 1.62. The third kappa shape index (κ3) is 2.15. The fourth-order valence-corrected chi connectivity index (χ4v) is 1.04. The summed E-state index contributed by atoms with van der Waals surface area (Å²) in [6.45, 7) is 1.76. The Hall–Kier alpha value is -1.16. The Morgan fingerprint density at radius 1 is 1.46 bits per heavy atom. The summed E-state index contributed by atoms with van der Waals surface area (Å²) >= 11 is 5.71. The maximum atomic E-state index is 11.5. The van der Waals surface area contributed by atoms with Crippen LogP contribution in [0.1, 0.15) is 16.1 Å². The molecule has 1 aromatic rings. The lowest BCUT2D eigenvalue weighted by atomic mass is 10.2. The van der Waals surface area contributed by atoms with E-state index in [2.05, 4.69) is 10.2 Å². The third-order valence-corrected chi connectivity index (χ3v) is 1.79. The van der Waals surface area contributed by atoms with E-state index in [4.69, 9.17) is 11.6 Å². The molecule has 0 spiro atoms. The van der Waals surface area contributed by atoms with Gasteiger partial charge in [-0.3, -0.25) is 4.79 Å². The molecule has 1 rings (SSSR count). The first kappa shape index (κ1) is 9.92. The zero-order valence-corrected chi connectivity index (χ0v) is 8.46. The van der Waals surface area contributed by atoms with Crippen LogP contribution in [0.4, 0.5) is 0 Å².